The maximum Gasteiger partial charge on any atom is 0.261 e. The zero-order valence-electron chi connectivity index (χ0n) is 14.9. The summed E-state index contributed by atoms with van der Waals surface area (Å²) in [5.74, 6) is -1.01. The average molecular weight is 373 g/mol. The van der Waals surface area contributed by atoms with Gasteiger partial charge in [-0.3, -0.25) is 14.4 Å². The van der Waals surface area contributed by atoms with Gasteiger partial charge in [0.25, 0.3) is 11.8 Å². The number of hydrogen-bond acceptors (Lipinski definition) is 4. The lowest BCUT2D eigenvalue weighted by molar-refractivity contribution is -0.120. The number of nitrogens with two attached hydrogens (primary N) is 1. The molecule has 0 aliphatic carbocycles. The lowest BCUT2D eigenvalue weighted by atomic mass is 10.1. The van der Waals surface area contributed by atoms with Crippen LogP contribution in [0.5, 0.6) is 0 Å². The fourth-order valence-electron chi connectivity index (χ4n) is 2.49. The second-order valence-corrected chi connectivity index (χ2v) is 6.98. The number of rotatable bonds is 8. The molecule has 0 aliphatic rings. The van der Waals surface area contributed by atoms with Crippen molar-refractivity contribution in [2.45, 2.75) is 32.2 Å². The number of nitrogens with one attached hydrogen (secondary N) is 2. The minimum Gasteiger partial charge on any atom is -0.368 e. The second kappa shape index (κ2) is 9.15. The van der Waals surface area contributed by atoms with Gasteiger partial charge in [-0.1, -0.05) is 31.9 Å². The number of primary amides is 1. The molecule has 1 aromatic heterocycles. The Bertz CT molecular complexity index is 801. The lowest BCUT2D eigenvalue weighted by Crippen LogP contribution is -2.44. The van der Waals surface area contributed by atoms with Crippen LogP contribution in [0.3, 0.4) is 0 Å². The van der Waals surface area contributed by atoms with Gasteiger partial charge in [-0.25, -0.2) is 0 Å². The Hall–Kier alpha value is -2.67. The molecule has 6 nitrogen and oxygen atoms in total. The fourth-order valence-corrected chi connectivity index (χ4v) is 3.44. The zero-order chi connectivity index (χ0) is 19.1. The minimum atomic E-state index is -0.673. The van der Waals surface area contributed by atoms with Crippen molar-refractivity contribution in [3.8, 4) is 10.4 Å². The van der Waals surface area contributed by atoms with Crippen LogP contribution >= 0.6 is 11.3 Å². The van der Waals surface area contributed by atoms with E-state index in [0.717, 1.165) is 23.3 Å². The van der Waals surface area contributed by atoms with Crippen molar-refractivity contribution in [2.24, 2.45) is 5.73 Å². The van der Waals surface area contributed by atoms with Gasteiger partial charge in [0.1, 0.15) is 6.04 Å². The van der Waals surface area contributed by atoms with Crippen molar-refractivity contribution in [1.29, 1.82) is 0 Å². The number of benzene rings is 1. The highest BCUT2D eigenvalue weighted by atomic mass is 32.1. The van der Waals surface area contributed by atoms with Gasteiger partial charge >= 0.3 is 0 Å². The Balaban J connectivity index is 2.17. The van der Waals surface area contributed by atoms with Gasteiger partial charge in [-0.05, 0) is 36.2 Å². The number of thiophene rings is 1. The predicted molar refractivity (Wildman–Crippen MR) is 103 cm³/mol. The van der Waals surface area contributed by atoms with E-state index in [-0.39, 0.29) is 11.8 Å². The molecule has 2 rings (SSSR count). The maximum absolute atomic E-state index is 12.5. The molecule has 2 aromatic rings. The van der Waals surface area contributed by atoms with Crippen LogP contribution in [0.25, 0.3) is 10.4 Å². The van der Waals surface area contributed by atoms with E-state index >= 15 is 0 Å². The van der Waals surface area contributed by atoms with Gasteiger partial charge in [0.2, 0.25) is 5.91 Å². The van der Waals surface area contributed by atoms with E-state index in [1.54, 1.807) is 31.3 Å². The first-order valence-corrected chi connectivity index (χ1v) is 9.30. The van der Waals surface area contributed by atoms with Gasteiger partial charge in [0, 0.05) is 17.5 Å². The molecule has 0 fully saturated rings. The molecular formula is C19H23N3O3S. The van der Waals surface area contributed by atoms with Crippen LogP contribution in [-0.4, -0.2) is 30.8 Å². The molecule has 1 aromatic carbocycles. The first kappa shape index (κ1) is 19.7. The monoisotopic (exact) mass is 373 g/mol. The Labute approximate surface area is 156 Å². The zero-order valence-corrected chi connectivity index (χ0v) is 15.7. The number of amides is 3. The molecule has 0 saturated heterocycles. The molecule has 138 valence electrons. The van der Waals surface area contributed by atoms with Crippen LogP contribution in [-0.2, 0) is 4.79 Å². The molecule has 0 radical (unpaired) electrons. The summed E-state index contributed by atoms with van der Waals surface area (Å²) in [7, 11) is 1.58. The molecule has 4 N–H and O–H groups in total. The molecule has 0 aliphatic heterocycles. The highest BCUT2D eigenvalue weighted by Gasteiger charge is 2.19. The second-order valence-electron chi connectivity index (χ2n) is 5.89. The summed E-state index contributed by atoms with van der Waals surface area (Å²) in [4.78, 5) is 37.2. The van der Waals surface area contributed by atoms with E-state index in [2.05, 4.69) is 10.6 Å². The van der Waals surface area contributed by atoms with Crippen molar-refractivity contribution in [1.82, 2.24) is 10.6 Å². The summed E-state index contributed by atoms with van der Waals surface area (Å²) in [6.45, 7) is 2.01. The number of carbonyl (C=O) groups is 3. The summed E-state index contributed by atoms with van der Waals surface area (Å²) in [6, 6.07) is 10.00. The number of carbonyl (C=O) groups excluding carboxylic acids is 3. The van der Waals surface area contributed by atoms with Crippen molar-refractivity contribution in [3.05, 3.63) is 46.8 Å². The molecule has 0 unspecified atom stereocenters. The topological polar surface area (TPSA) is 101 Å². The molecule has 0 bridgehead atoms. The molecule has 1 atom stereocenters. The van der Waals surface area contributed by atoms with E-state index in [1.807, 2.05) is 19.1 Å². The van der Waals surface area contributed by atoms with Gasteiger partial charge in [0.05, 0.1) is 4.88 Å². The molecule has 0 spiro atoms. The van der Waals surface area contributed by atoms with E-state index in [9.17, 15) is 14.4 Å². The first-order valence-electron chi connectivity index (χ1n) is 8.48. The van der Waals surface area contributed by atoms with E-state index < -0.39 is 11.9 Å². The van der Waals surface area contributed by atoms with Crippen molar-refractivity contribution in [2.75, 3.05) is 7.05 Å². The van der Waals surface area contributed by atoms with Crippen molar-refractivity contribution in [3.63, 3.8) is 0 Å². The lowest BCUT2D eigenvalue weighted by Gasteiger charge is -2.15. The summed E-state index contributed by atoms with van der Waals surface area (Å²) in [5, 5.41) is 5.29. The SMILES string of the molecule is CCCC[C@H](NC(=O)c1cccc(-c2ccc(C(=O)NC)s2)c1)C(N)=O. The largest absolute Gasteiger partial charge is 0.368 e. The van der Waals surface area contributed by atoms with Gasteiger partial charge in [0.15, 0.2) is 0 Å². The molecule has 0 saturated carbocycles. The van der Waals surface area contributed by atoms with E-state index in [4.69, 9.17) is 5.73 Å². The smallest absolute Gasteiger partial charge is 0.261 e. The van der Waals surface area contributed by atoms with Crippen molar-refractivity contribution >= 4 is 29.1 Å². The highest BCUT2D eigenvalue weighted by Crippen LogP contribution is 2.28. The third-order valence-electron chi connectivity index (χ3n) is 3.96. The highest BCUT2D eigenvalue weighted by molar-refractivity contribution is 7.17. The number of unbranched alkanes of at least 4 members (excludes halogenated alkanes) is 1. The minimum absolute atomic E-state index is 0.143. The van der Waals surface area contributed by atoms with E-state index in [1.165, 1.54) is 11.3 Å². The predicted octanol–water partition coefficient (Wildman–Crippen LogP) is 2.55. The normalized spacial score (nSPS) is 11.6. The quantitative estimate of drug-likeness (QED) is 0.663. The Morgan fingerprint density at radius 1 is 1.15 bits per heavy atom. The van der Waals surface area contributed by atoms with Crippen molar-refractivity contribution < 1.29 is 14.4 Å². The molecule has 1 heterocycles. The Kier molecular flexibility index (Phi) is 6.91. The van der Waals surface area contributed by atoms with Crippen LogP contribution in [0.1, 0.15) is 46.2 Å². The fraction of sp³-hybridized carbons (Fsp3) is 0.316. The average Bonchev–Trinajstić information content (AvgIpc) is 3.14. The summed E-state index contributed by atoms with van der Waals surface area (Å²) in [5.41, 5.74) is 6.66. The molecular weight excluding hydrogens is 350 g/mol. The third kappa shape index (κ3) is 4.92. The molecule has 3 amide bonds. The first-order chi connectivity index (χ1) is 12.5. The van der Waals surface area contributed by atoms with Crippen LogP contribution in [0, 0.1) is 0 Å². The van der Waals surface area contributed by atoms with Crippen LogP contribution in [0.4, 0.5) is 0 Å². The Morgan fingerprint density at radius 3 is 2.58 bits per heavy atom. The summed E-state index contributed by atoms with van der Waals surface area (Å²) < 4.78 is 0. The summed E-state index contributed by atoms with van der Waals surface area (Å²) >= 11 is 1.35. The van der Waals surface area contributed by atoms with E-state index in [0.29, 0.717) is 16.9 Å². The van der Waals surface area contributed by atoms with Crippen LogP contribution < -0.4 is 16.4 Å². The van der Waals surface area contributed by atoms with Crippen LogP contribution in [0.15, 0.2) is 36.4 Å². The molecule has 26 heavy (non-hydrogen) atoms. The Morgan fingerprint density at radius 2 is 1.92 bits per heavy atom. The number of hydrogen-bond donors (Lipinski definition) is 3. The maximum atomic E-state index is 12.5. The standard InChI is InChI=1S/C19H23N3O3S/c1-3-4-8-14(17(20)23)22-18(24)13-7-5-6-12(11-13)15-9-10-16(26-15)19(25)21-2/h5-7,9-11,14H,3-4,8H2,1-2H3,(H2,20,23)(H,21,25)(H,22,24)/t14-/m0/s1. The molecule has 7 heteroatoms. The van der Waals surface area contributed by atoms with Gasteiger partial charge < -0.3 is 16.4 Å². The van der Waals surface area contributed by atoms with Gasteiger partial charge in [-0.15, -0.1) is 11.3 Å². The summed E-state index contributed by atoms with van der Waals surface area (Å²) in [6.07, 6.45) is 2.25. The third-order valence-corrected chi connectivity index (χ3v) is 5.09. The van der Waals surface area contributed by atoms with Crippen LogP contribution in [0.2, 0.25) is 0 Å². The van der Waals surface area contributed by atoms with Gasteiger partial charge in [-0.2, -0.15) is 0 Å².